The van der Waals surface area contributed by atoms with Gasteiger partial charge < -0.3 is 11.1 Å². The van der Waals surface area contributed by atoms with E-state index in [4.69, 9.17) is 5.73 Å². The van der Waals surface area contributed by atoms with Crippen molar-refractivity contribution in [1.82, 2.24) is 10.2 Å². The number of carbonyl (C=O) groups excluding carboxylic acids is 1. The fourth-order valence-electron chi connectivity index (χ4n) is 2.03. The Morgan fingerprint density at radius 3 is 2.53 bits per heavy atom. The Balaban J connectivity index is 2.32. The van der Waals surface area contributed by atoms with Crippen molar-refractivity contribution in [1.29, 1.82) is 0 Å². The van der Waals surface area contributed by atoms with Gasteiger partial charge in [0, 0.05) is 25.7 Å². The molecule has 1 rings (SSSR count). The molecule has 1 amide bonds. The zero-order valence-electron chi connectivity index (χ0n) is 11.4. The molecule has 17 heavy (non-hydrogen) atoms. The number of hydrogen-bond donors (Lipinski definition) is 2. The summed E-state index contributed by atoms with van der Waals surface area (Å²) in [5, 5.41) is 3.01. The number of nitrogens with zero attached hydrogens (tertiary/aromatic N) is 1. The van der Waals surface area contributed by atoms with Crippen LogP contribution in [0.2, 0.25) is 0 Å². The third-order valence-electron chi connectivity index (χ3n) is 3.30. The van der Waals surface area contributed by atoms with Gasteiger partial charge in [-0.15, -0.1) is 0 Å². The lowest BCUT2D eigenvalue weighted by atomic mass is 10.1. The van der Waals surface area contributed by atoms with Crippen LogP contribution in [0.4, 0.5) is 0 Å². The van der Waals surface area contributed by atoms with E-state index in [0.29, 0.717) is 18.5 Å². The predicted octanol–water partition coefficient (Wildman–Crippen LogP) is 0.960. The van der Waals surface area contributed by atoms with Crippen molar-refractivity contribution in [2.24, 2.45) is 11.7 Å². The van der Waals surface area contributed by atoms with Crippen LogP contribution in [0.3, 0.4) is 0 Å². The highest BCUT2D eigenvalue weighted by Crippen LogP contribution is 2.28. The molecule has 1 unspecified atom stereocenters. The summed E-state index contributed by atoms with van der Waals surface area (Å²) in [4.78, 5) is 14.2. The lowest BCUT2D eigenvalue weighted by Gasteiger charge is -2.27. The van der Waals surface area contributed by atoms with Gasteiger partial charge in [-0.1, -0.05) is 13.8 Å². The molecule has 1 atom stereocenters. The van der Waals surface area contributed by atoms with Crippen LogP contribution in [0.25, 0.3) is 0 Å². The second kappa shape index (κ2) is 6.97. The fraction of sp³-hybridized carbons (Fsp3) is 0.923. The first-order chi connectivity index (χ1) is 8.06. The minimum atomic E-state index is -0.0433. The second-order valence-corrected chi connectivity index (χ2v) is 5.41. The number of amides is 1. The Labute approximate surface area is 105 Å². The molecule has 0 saturated heterocycles. The van der Waals surface area contributed by atoms with Crippen LogP contribution in [0.15, 0.2) is 0 Å². The Kier molecular flexibility index (Phi) is 5.92. The molecule has 1 saturated carbocycles. The summed E-state index contributed by atoms with van der Waals surface area (Å²) in [6.07, 6.45) is 3.46. The maximum Gasteiger partial charge on any atom is 0.237 e. The van der Waals surface area contributed by atoms with Crippen molar-refractivity contribution in [2.45, 2.75) is 52.1 Å². The first-order valence-corrected chi connectivity index (χ1v) is 6.79. The normalized spacial score (nSPS) is 17.5. The molecule has 1 aliphatic rings. The second-order valence-electron chi connectivity index (χ2n) is 5.41. The minimum Gasteiger partial charge on any atom is -0.355 e. The summed E-state index contributed by atoms with van der Waals surface area (Å²) >= 11 is 0. The van der Waals surface area contributed by atoms with Gasteiger partial charge in [-0.25, -0.2) is 0 Å². The summed E-state index contributed by atoms with van der Waals surface area (Å²) in [5.74, 6) is 0.778. The molecule has 0 aliphatic heterocycles. The standard InChI is InChI=1S/C13H27N3O/c1-10(2)6-8-15-13(17)11(3)16(9-7-14)12-4-5-12/h10-12H,4-9,14H2,1-3H3,(H,15,17). The van der Waals surface area contributed by atoms with Gasteiger partial charge in [0.2, 0.25) is 5.91 Å². The van der Waals surface area contributed by atoms with Crippen LogP contribution < -0.4 is 11.1 Å². The SMILES string of the molecule is CC(C)CCNC(=O)C(C)N(CCN)C1CC1. The van der Waals surface area contributed by atoms with Gasteiger partial charge in [0.15, 0.2) is 0 Å². The van der Waals surface area contributed by atoms with Gasteiger partial charge in [-0.3, -0.25) is 9.69 Å². The highest BCUT2D eigenvalue weighted by molar-refractivity contribution is 5.81. The highest BCUT2D eigenvalue weighted by Gasteiger charge is 2.34. The van der Waals surface area contributed by atoms with E-state index in [1.54, 1.807) is 0 Å². The molecule has 0 heterocycles. The molecule has 0 spiro atoms. The Morgan fingerprint density at radius 1 is 1.41 bits per heavy atom. The van der Waals surface area contributed by atoms with Crippen molar-refractivity contribution in [3.63, 3.8) is 0 Å². The monoisotopic (exact) mass is 241 g/mol. The van der Waals surface area contributed by atoms with E-state index in [9.17, 15) is 4.79 Å². The van der Waals surface area contributed by atoms with Gasteiger partial charge >= 0.3 is 0 Å². The van der Waals surface area contributed by atoms with E-state index in [2.05, 4.69) is 24.1 Å². The lowest BCUT2D eigenvalue weighted by molar-refractivity contribution is -0.126. The third kappa shape index (κ3) is 5.04. The first kappa shape index (κ1) is 14.5. The molecule has 0 aromatic carbocycles. The molecule has 0 radical (unpaired) electrons. The molecular formula is C13H27N3O. The number of hydrogen-bond acceptors (Lipinski definition) is 3. The average Bonchev–Trinajstić information content (AvgIpc) is 3.08. The minimum absolute atomic E-state index is 0.0433. The van der Waals surface area contributed by atoms with E-state index in [-0.39, 0.29) is 11.9 Å². The Hall–Kier alpha value is -0.610. The van der Waals surface area contributed by atoms with Gasteiger partial charge in [-0.05, 0) is 32.1 Å². The summed E-state index contributed by atoms with van der Waals surface area (Å²) in [6, 6.07) is 0.544. The highest BCUT2D eigenvalue weighted by atomic mass is 16.2. The van der Waals surface area contributed by atoms with Crippen LogP contribution >= 0.6 is 0 Å². The van der Waals surface area contributed by atoms with Crippen molar-refractivity contribution >= 4 is 5.91 Å². The van der Waals surface area contributed by atoms with Crippen LogP contribution in [0.1, 0.15) is 40.0 Å². The van der Waals surface area contributed by atoms with E-state index >= 15 is 0 Å². The van der Waals surface area contributed by atoms with Gasteiger partial charge in [0.05, 0.1) is 6.04 Å². The van der Waals surface area contributed by atoms with Crippen LogP contribution in [-0.4, -0.2) is 42.5 Å². The van der Waals surface area contributed by atoms with Crippen LogP contribution in [0, 0.1) is 5.92 Å². The van der Waals surface area contributed by atoms with E-state index in [0.717, 1.165) is 19.5 Å². The quantitative estimate of drug-likeness (QED) is 0.665. The summed E-state index contributed by atoms with van der Waals surface area (Å²) in [7, 11) is 0. The molecule has 4 heteroatoms. The topological polar surface area (TPSA) is 58.4 Å². The van der Waals surface area contributed by atoms with E-state index in [1.165, 1.54) is 12.8 Å². The Morgan fingerprint density at radius 2 is 2.06 bits per heavy atom. The predicted molar refractivity (Wildman–Crippen MR) is 70.7 cm³/mol. The van der Waals surface area contributed by atoms with Crippen LogP contribution in [0.5, 0.6) is 0 Å². The number of carbonyl (C=O) groups is 1. The summed E-state index contributed by atoms with van der Waals surface area (Å²) in [6.45, 7) is 8.55. The van der Waals surface area contributed by atoms with Gasteiger partial charge in [-0.2, -0.15) is 0 Å². The smallest absolute Gasteiger partial charge is 0.237 e. The summed E-state index contributed by atoms with van der Waals surface area (Å²) < 4.78 is 0. The molecule has 3 N–H and O–H groups in total. The molecule has 0 aromatic heterocycles. The van der Waals surface area contributed by atoms with Crippen molar-refractivity contribution in [3.05, 3.63) is 0 Å². The number of rotatable bonds is 8. The van der Waals surface area contributed by atoms with Gasteiger partial charge in [0.1, 0.15) is 0 Å². The van der Waals surface area contributed by atoms with Crippen molar-refractivity contribution in [2.75, 3.05) is 19.6 Å². The Bertz CT molecular complexity index is 239. The molecule has 0 aromatic rings. The molecule has 0 bridgehead atoms. The average molecular weight is 241 g/mol. The summed E-state index contributed by atoms with van der Waals surface area (Å²) in [5.41, 5.74) is 5.60. The number of nitrogens with one attached hydrogen (secondary N) is 1. The fourth-order valence-corrected chi connectivity index (χ4v) is 2.03. The maximum atomic E-state index is 12.0. The van der Waals surface area contributed by atoms with E-state index in [1.807, 2.05) is 6.92 Å². The third-order valence-corrected chi connectivity index (χ3v) is 3.30. The lowest BCUT2D eigenvalue weighted by Crippen LogP contribution is -2.48. The molecule has 1 fully saturated rings. The van der Waals surface area contributed by atoms with Crippen molar-refractivity contribution in [3.8, 4) is 0 Å². The zero-order valence-corrected chi connectivity index (χ0v) is 11.4. The number of nitrogens with two attached hydrogens (primary N) is 1. The zero-order chi connectivity index (χ0) is 12.8. The molecule has 4 nitrogen and oxygen atoms in total. The van der Waals surface area contributed by atoms with Crippen molar-refractivity contribution < 1.29 is 4.79 Å². The molecular weight excluding hydrogens is 214 g/mol. The van der Waals surface area contributed by atoms with E-state index < -0.39 is 0 Å². The first-order valence-electron chi connectivity index (χ1n) is 6.79. The van der Waals surface area contributed by atoms with Gasteiger partial charge in [0.25, 0.3) is 0 Å². The molecule has 1 aliphatic carbocycles. The van der Waals surface area contributed by atoms with Crippen LogP contribution in [-0.2, 0) is 4.79 Å². The molecule has 100 valence electrons. The maximum absolute atomic E-state index is 12.0. The largest absolute Gasteiger partial charge is 0.355 e.